The minimum absolute atomic E-state index is 0.129. The molecule has 0 aromatic heterocycles. The molecule has 5 nitrogen and oxygen atoms in total. The molecule has 0 saturated carbocycles. The Hall–Kier alpha value is -1.69. The smallest absolute Gasteiger partial charge is 0.317 e. The van der Waals surface area contributed by atoms with Crippen LogP contribution in [-0.4, -0.2) is 30.8 Å². The number of hydrogen-bond acceptors (Lipinski definition) is 5. The van der Waals surface area contributed by atoms with Crippen molar-refractivity contribution in [2.24, 2.45) is 5.73 Å². The summed E-state index contributed by atoms with van der Waals surface area (Å²) < 4.78 is 9.84. The summed E-state index contributed by atoms with van der Waals surface area (Å²) in [5, 5.41) is 0. The molecule has 0 fully saturated rings. The van der Waals surface area contributed by atoms with Crippen molar-refractivity contribution in [1.82, 2.24) is 0 Å². The van der Waals surface area contributed by atoms with Crippen LogP contribution in [0.2, 0.25) is 0 Å². The van der Waals surface area contributed by atoms with Crippen molar-refractivity contribution in [2.45, 2.75) is 17.9 Å². The molecule has 1 aromatic carbocycles. The first kappa shape index (κ1) is 14.4. The molecule has 1 aromatic rings. The fraction of sp³-hybridized carbons (Fsp3) is 0.333. The van der Waals surface area contributed by atoms with Crippen LogP contribution >= 0.6 is 11.8 Å². The van der Waals surface area contributed by atoms with Gasteiger partial charge in [0, 0.05) is 4.90 Å². The summed E-state index contributed by atoms with van der Waals surface area (Å²) in [6.07, 6.45) is -0.894. The zero-order valence-electron chi connectivity index (χ0n) is 10.2. The second-order valence-corrected chi connectivity index (χ2v) is 4.55. The Morgan fingerprint density at radius 1 is 1.33 bits per heavy atom. The maximum atomic E-state index is 11.4. The van der Waals surface area contributed by atoms with Gasteiger partial charge < -0.3 is 15.2 Å². The fourth-order valence-electron chi connectivity index (χ4n) is 1.10. The standard InChI is InChI=1S/C12H15NO4S/c1-8(12(13)15)17-11(14)7-18-10-5-3-9(16-2)4-6-10/h3-6,8H,7H2,1-2H3,(H2,13,15)/t8-/m1/s1. The SMILES string of the molecule is COc1ccc(SCC(=O)O[C@H](C)C(N)=O)cc1. The van der Waals surface area contributed by atoms with Gasteiger partial charge in [-0.2, -0.15) is 0 Å². The van der Waals surface area contributed by atoms with Crippen molar-refractivity contribution >= 4 is 23.6 Å². The van der Waals surface area contributed by atoms with Crippen LogP contribution in [0, 0.1) is 0 Å². The zero-order chi connectivity index (χ0) is 13.5. The summed E-state index contributed by atoms with van der Waals surface area (Å²) in [6, 6.07) is 7.29. The number of benzene rings is 1. The summed E-state index contributed by atoms with van der Waals surface area (Å²) in [5.74, 6) is -0.242. The maximum absolute atomic E-state index is 11.4. The van der Waals surface area contributed by atoms with Crippen molar-refractivity contribution in [3.63, 3.8) is 0 Å². The number of hydrogen-bond donors (Lipinski definition) is 1. The third-order valence-corrected chi connectivity index (χ3v) is 3.11. The van der Waals surface area contributed by atoms with Crippen molar-refractivity contribution in [3.05, 3.63) is 24.3 Å². The molecule has 6 heteroatoms. The predicted octanol–water partition coefficient (Wildman–Crippen LogP) is 1.20. The van der Waals surface area contributed by atoms with E-state index < -0.39 is 18.0 Å². The van der Waals surface area contributed by atoms with Gasteiger partial charge in [-0.25, -0.2) is 0 Å². The summed E-state index contributed by atoms with van der Waals surface area (Å²) in [7, 11) is 1.59. The number of nitrogens with two attached hydrogens (primary N) is 1. The third-order valence-electron chi connectivity index (χ3n) is 2.13. The molecule has 18 heavy (non-hydrogen) atoms. The van der Waals surface area contributed by atoms with Crippen LogP contribution in [0.3, 0.4) is 0 Å². The minimum atomic E-state index is -0.894. The van der Waals surface area contributed by atoms with E-state index >= 15 is 0 Å². The number of methoxy groups -OCH3 is 1. The Bertz CT molecular complexity index is 419. The molecular weight excluding hydrogens is 254 g/mol. The van der Waals surface area contributed by atoms with E-state index in [0.717, 1.165) is 10.6 Å². The molecule has 0 saturated heterocycles. The maximum Gasteiger partial charge on any atom is 0.317 e. The molecule has 0 radical (unpaired) electrons. The highest BCUT2D eigenvalue weighted by molar-refractivity contribution is 8.00. The summed E-state index contributed by atoms with van der Waals surface area (Å²) in [5.41, 5.74) is 4.99. The van der Waals surface area contributed by atoms with E-state index in [1.165, 1.54) is 18.7 Å². The van der Waals surface area contributed by atoms with Crippen LogP contribution in [0.4, 0.5) is 0 Å². The van der Waals surface area contributed by atoms with E-state index in [4.69, 9.17) is 15.2 Å². The van der Waals surface area contributed by atoms with Crippen LogP contribution in [0.5, 0.6) is 5.75 Å². The Morgan fingerprint density at radius 3 is 2.44 bits per heavy atom. The average Bonchev–Trinajstić information content (AvgIpc) is 2.36. The van der Waals surface area contributed by atoms with Crippen molar-refractivity contribution in [1.29, 1.82) is 0 Å². The lowest BCUT2D eigenvalue weighted by Crippen LogP contribution is -2.30. The Kier molecular flexibility index (Phi) is 5.51. The van der Waals surface area contributed by atoms with E-state index in [1.54, 1.807) is 19.2 Å². The number of primary amides is 1. The second kappa shape index (κ2) is 6.90. The molecule has 0 unspecified atom stereocenters. The monoisotopic (exact) mass is 269 g/mol. The van der Waals surface area contributed by atoms with Crippen LogP contribution in [0.25, 0.3) is 0 Å². The van der Waals surface area contributed by atoms with Gasteiger partial charge in [0.15, 0.2) is 6.10 Å². The molecule has 0 bridgehead atoms. The molecule has 0 aliphatic rings. The largest absolute Gasteiger partial charge is 0.497 e. The average molecular weight is 269 g/mol. The lowest BCUT2D eigenvalue weighted by molar-refractivity contribution is -0.151. The molecule has 0 aliphatic heterocycles. The molecule has 1 rings (SSSR count). The van der Waals surface area contributed by atoms with E-state index in [2.05, 4.69) is 0 Å². The van der Waals surface area contributed by atoms with Crippen LogP contribution < -0.4 is 10.5 Å². The highest BCUT2D eigenvalue weighted by Gasteiger charge is 2.14. The lowest BCUT2D eigenvalue weighted by atomic mass is 10.3. The van der Waals surface area contributed by atoms with Gasteiger partial charge in [0.25, 0.3) is 5.91 Å². The van der Waals surface area contributed by atoms with E-state index in [-0.39, 0.29) is 5.75 Å². The summed E-state index contributed by atoms with van der Waals surface area (Å²) in [4.78, 5) is 23.0. The van der Waals surface area contributed by atoms with Crippen molar-refractivity contribution < 1.29 is 19.1 Å². The van der Waals surface area contributed by atoms with Gasteiger partial charge >= 0.3 is 5.97 Å². The number of esters is 1. The minimum Gasteiger partial charge on any atom is -0.497 e. The highest BCUT2D eigenvalue weighted by atomic mass is 32.2. The number of carbonyl (C=O) groups excluding carboxylic acids is 2. The van der Waals surface area contributed by atoms with Crippen LogP contribution in [-0.2, 0) is 14.3 Å². The normalized spacial score (nSPS) is 11.7. The third kappa shape index (κ3) is 4.67. The van der Waals surface area contributed by atoms with Crippen LogP contribution in [0.15, 0.2) is 29.2 Å². The number of rotatable bonds is 6. The van der Waals surface area contributed by atoms with Crippen molar-refractivity contribution in [3.8, 4) is 5.75 Å². The van der Waals surface area contributed by atoms with E-state index in [0.29, 0.717) is 0 Å². The number of ether oxygens (including phenoxy) is 2. The van der Waals surface area contributed by atoms with Gasteiger partial charge in [-0.3, -0.25) is 9.59 Å². The quantitative estimate of drug-likeness (QED) is 0.620. The number of amides is 1. The van der Waals surface area contributed by atoms with Crippen molar-refractivity contribution in [2.75, 3.05) is 12.9 Å². The fourth-order valence-corrected chi connectivity index (χ4v) is 1.78. The van der Waals surface area contributed by atoms with Gasteiger partial charge in [-0.15, -0.1) is 11.8 Å². The highest BCUT2D eigenvalue weighted by Crippen LogP contribution is 2.21. The molecule has 1 atom stereocenters. The van der Waals surface area contributed by atoms with Gasteiger partial charge in [-0.1, -0.05) is 0 Å². The molecule has 0 aliphatic carbocycles. The van der Waals surface area contributed by atoms with Gasteiger partial charge in [0.1, 0.15) is 5.75 Å². The topological polar surface area (TPSA) is 78.6 Å². The summed E-state index contributed by atoms with van der Waals surface area (Å²) >= 11 is 1.32. The zero-order valence-corrected chi connectivity index (χ0v) is 11.0. The first-order chi connectivity index (χ1) is 8.52. The Balaban J connectivity index is 2.40. The van der Waals surface area contributed by atoms with Gasteiger partial charge in [0.2, 0.25) is 0 Å². The molecule has 98 valence electrons. The first-order valence-electron chi connectivity index (χ1n) is 5.28. The predicted molar refractivity (Wildman–Crippen MR) is 68.5 cm³/mol. The Morgan fingerprint density at radius 2 is 1.94 bits per heavy atom. The molecule has 1 amide bonds. The molecule has 0 spiro atoms. The van der Waals surface area contributed by atoms with Crippen LogP contribution in [0.1, 0.15) is 6.92 Å². The molecular formula is C12H15NO4S. The van der Waals surface area contributed by atoms with E-state index in [9.17, 15) is 9.59 Å². The van der Waals surface area contributed by atoms with E-state index in [1.807, 2.05) is 12.1 Å². The summed E-state index contributed by atoms with van der Waals surface area (Å²) in [6.45, 7) is 1.44. The Labute approximate surface area is 110 Å². The lowest BCUT2D eigenvalue weighted by Gasteiger charge is -2.09. The molecule has 0 heterocycles. The second-order valence-electron chi connectivity index (χ2n) is 3.50. The first-order valence-corrected chi connectivity index (χ1v) is 6.27. The van der Waals surface area contributed by atoms with Gasteiger partial charge in [0.05, 0.1) is 12.9 Å². The number of thioether (sulfide) groups is 1. The van der Waals surface area contributed by atoms with Gasteiger partial charge in [-0.05, 0) is 31.2 Å². The number of carbonyl (C=O) groups is 2. The molecule has 2 N–H and O–H groups in total.